The predicted octanol–water partition coefficient (Wildman–Crippen LogP) is 3.65. The summed E-state index contributed by atoms with van der Waals surface area (Å²) >= 11 is 0. The molecule has 0 atom stereocenters. The summed E-state index contributed by atoms with van der Waals surface area (Å²) in [5.74, 6) is 0. The summed E-state index contributed by atoms with van der Waals surface area (Å²) in [6, 6.07) is 20.9. The number of hydrogen-bond acceptors (Lipinski definition) is 2. The maximum Gasteiger partial charge on any atom is 0.319 e. The molecule has 23 heavy (non-hydrogen) atoms. The lowest BCUT2D eigenvalue weighted by molar-refractivity contribution is 0.251. The lowest BCUT2D eigenvalue weighted by Crippen LogP contribution is -2.28. The summed E-state index contributed by atoms with van der Waals surface area (Å²) in [6.07, 6.45) is 0. The number of benzene rings is 3. The van der Waals surface area contributed by atoms with Crippen LogP contribution >= 0.6 is 0 Å². The summed E-state index contributed by atoms with van der Waals surface area (Å²) in [5.41, 5.74) is 2.50. The third-order valence-corrected chi connectivity index (χ3v) is 3.77. The number of hydrogen-bond donors (Lipinski definition) is 3. The van der Waals surface area contributed by atoms with Crippen molar-refractivity contribution in [2.45, 2.75) is 13.2 Å². The standard InChI is InChI=1S/C19H18N2O2/c22-13-16-8-2-1-7-15(16)12-20-19(23)21-18-11-5-9-14-6-3-4-10-17(14)18/h1-11,22H,12-13H2,(H2,20,21,23). The predicted molar refractivity (Wildman–Crippen MR) is 92.2 cm³/mol. The molecule has 4 heteroatoms. The zero-order valence-electron chi connectivity index (χ0n) is 12.6. The minimum Gasteiger partial charge on any atom is -0.392 e. The minimum absolute atomic E-state index is 0.0389. The number of anilines is 1. The Morgan fingerprint density at radius 2 is 1.57 bits per heavy atom. The van der Waals surface area contributed by atoms with E-state index in [1.165, 1.54) is 0 Å². The highest BCUT2D eigenvalue weighted by atomic mass is 16.3. The smallest absolute Gasteiger partial charge is 0.319 e. The van der Waals surface area contributed by atoms with Crippen molar-refractivity contribution in [1.29, 1.82) is 0 Å². The van der Waals surface area contributed by atoms with Crippen LogP contribution in [0.1, 0.15) is 11.1 Å². The Morgan fingerprint density at radius 1 is 0.870 bits per heavy atom. The van der Waals surface area contributed by atoms with Gasteiger partial charge in [0.15, 0.2) is 0 Å². The van der Waals surface area contributed by atoms with Crippen LogP contribution in [0, 0.1) is 0 Å². The molecule has 0 radical (unpaired) electrons. The van der Waals surface area contributed by atoms with Gasteiger partial charge in [0, 0.05) is 11.9 Å². The quantitative estimate of drug-likeness (QED) is 0.689. The van der Waals surface area contributed by atoms with Crippen LogP contribution in [0.15, 0.2) is 66.7 Å². The van der Waals surface area contributed by atoms with Crippen molar-refractivity contribution in [2.75, 3.05) is 5.32 Å². The van der Waals surface area contributed by atoms with Crippen LogP contribution in [-0.2, 0) is 13.2 Å². The fraction of sp³-hybridized carbons (Fsp3) is 0.105. The number of amides is 2. The molecule has 3 N–H and O–H groups in total. The molecule has 0 fully saturated rings. The second kappa shape index (κ2) is 6.94. The van der Waals surface area contributed by atoms with Crippen molar-refractivity contribution in [3.63, 3.8) is 0 Å². The lowest BCUT2D eigenvalue weighted by atomic mass is 10.1. The highest BCUT2D eigenvalue weighted by molar-refractivity contribution is 6.01. The van der Waals surface area contributed by atoms with Gasteiger partial charge in [-0.15, -0.1) is 0 Å². The van der Waals surface area contributed by atoms with Gasteiger partial charge in [0.1, 0.15) is 0 Å². The second-order valence-electron chi connectivity index (χ2n) is 5.26. The molecule has 4 nitrogen and oxygen atoms in total. The minimum atomic E-state index is -0.269. The first-order valence-corrected chi connectivity index (χ1v) is 7.48. The van der Waals surface area contributed by atoms with E-state index in [-0.39, 0.29) is 12.6 Å². The molecule has 0 aliphatic rings. The molecule has 3 aromatic carbocycles. The van der Waals surface area contributed by atoms with Crippen LogP contribution in [0.25, 0.3) is 10.8 Å². The van der Waals surface area contributed by atoms with Gasteiger partial charge < -0.3 is 15.7 Å². The van der Waals surface area contributed by atoms with Crippen LogP contribution in [0.3, 0.4) is 0 Å². The summed E-state index contributed by atoms with van der Waals surface area (Å²) in [7, 11) is 0. The van der Waals surface area contributed by atoms with Gasteiger partial charge in [-0.1, -0.05) is 60.7 Å². The fourth-order valence-electron chi connectivity index (χ4n) is 2.56. The number of carbonyl (C=O) groups excluding carboxylic acids is 1. The Morgan fingerprint density at radius 3 is 2.39 bits per heavy atom. The number of aliphatic hydroxyl groups is 1. The van der Waals surface area contributed by atoms with Gasteiger partial charge in [-0.25, -0.2) is 4.79 Å². The van der Waals surface area contributed by atoms with Crippen molar-refractivity contribution < 1.29 is 9.90 Å². The van der Waals surface area contributed by atoms with Gasteiger partial charge in [-0.3, -0.25) is 0 Å². The number of urea groups is 1. The lowest BCUT2D eigenvalue weighted by Gasteiger charge is -2.11. The van der Waals surface area contributed by atoms with Gasteiger partial charge in [0.05, 0.1) is 12.3 Å². The summed E-state index contributed by atoms with van der Waals surface area (Å²) < 4.78 is 0. The average molecular weight is 306 g/mol. The largest absolute Gasteiger partial charge is 0.392 e. The van der Waals surface area contributed by atoms with Crippen LogP contribution in [0.4, 0.5) is 10.5 Å². The topological polar surface area (TPSA) is 61.4 Å². The Kier molecular flexibility index (Phi) is 4.54. The first-order valence-electron chi connectivity index (χ1n) is 7.48. The molecule has 0 aromatic heterocycles. The maximum absolute atomic E-state index is 12.1. The zero-order chi connectivity index (χ0) is 16.1. The van der Waals surface area contributed by atoms with E-state index in [0.717, 1.165) is 27.6 Å². The summed E-state index contributed by atoms with van der Waals surface area (Å²) in [5, 5.41) is 17.1. The molecule has 0 saturated heterocycles. The second-order valence-corrected chi connectivity index (χ2v) is 5.26. The number of carbonyl (C=O) groups is 1. The van der Waals surface area contributed by atoms with Gasteiger partial charge >= 0.3 is 6.03 Å². The molecule has 0 aliphatic carbocycles. The summed E-state index contributed by atoms with van der Waals surface area (Å²) in [6.45, 7) is 0.329. The molecule has 116 valence electrons. The Hall–Kier alpha value is -2.85. The third kappa shape index (κ3) is 3.49. The van der Waals surface area contributed by atoms with Gasteiger partial charge in [0.25, 0.3) is 0 Å². The maximum atomic E-state index is 12.1. The Bertz CT molecular complexity index is 825. The van der Waals surface area contributed by atoms with E-state index in [0.29, 0.717) is 6.54 Å². The highest BCUT2D eigenvalue weighted by Crippen LogP contribution is 2.22. The Labute approximate surface area is 134 Å². The zero-order valence-corrected chi connectivity index (χ0v) is 12.6. The SMILES string of the molecule is O=C(NCc1ccccc1CO)Nc1cccc2ccccc12. The highest BCUT2D eigenvalue weighted by Gasteiger charge is 2.06. The number of aliphatic hydroxyl groups excluding tert-OH is 1. The van der Waals surface area contributed by atoms with Crippen LogP contribution in [-0.4, -0.2) is 11.1 Å². The van der Waals surface area contributed by atoms with E-state index < -0.39 is 0 Å². The van der Waals surface area contributed by atoms with Crippen LogP contribution in [0.5, 0.6) is 0 Å². The first kappa shape index (κ1) is 15.1. The molecule has 0 aliphatic heterocycles. The first-order chi connectivity index (χ1) is 11.3. The van der Waals surface area contributed by atoms with Gasteiger partial charge in [0.2, 0.25) is 0 Å². The van der Waals surface area contributed by atoms with Crippen molar-refractivity contribution in [3.8, 4) is 0 Å². The molecule has 0 unspecified atom stereocenters. The molecular formula is C19H18N2O2. The number of rotatable bonds is 4. The van der Waals surface area contributed by atoms with Crippen molar-refractivity contribution in [3.05, 3.63) is 77.9 Å². The average Bonchev–Trinajstić information content (AvgIpc) is 2.60. The van der Waals surface area contributed by atoms with Crippen LogP contribution < -0.4 is 10.6 Å². The van der Waals surface area contributed by atoms with E-state index in [9.17, 15) is 9.90 Å². The Balaban J connectivity index is 1.69. The van der Waals surface area contributed by atoms with Gasteiger partial charge in [-0.2, -0.15) is 0 Å². The van der Waals surface area contributed by atoms with Crippen molar-refractivity contribution >= 4 is 22.5 Å². The monoisotopic (exact) mass is 306 g/mol. The van der Waals surface area contributed by atoms with E-state index in [1.54, 1.807) is 0 Å². The summed E-state index contributed by atoms with van der Waals surface area (Å²) in [4.78, 5) is 12.1. The molecule has 0 bridgehead atoms. The van der Waals surface area contributed by atoms with E-state index in [4.69, 9.17) is 0 Å². The van der Waals surface area contributed by atoms with Gasteiger partial charge in [-0.05, 0) is 22.6 Å². The number of fused-ring (bicyclic) bond motifs is 1. The molecule has 3 rings (SSSR count). The van der Waals surface area contributed by atoms with Crippen molar-refractivity contribution in [2.24, 2.45) is 0 Å². The molecule has 2 amide bonds. The molecule has 3 aromatic rings. The molecule has 0 spiro atoms. The van der Waals surface area contributed by atoms with Crippen molar-refractivity contribution in [1.82, 2.24) is 5.32 Å². The molecule has 0 saturated carbocycles. The van der Waals surface area contributed by atoms with Crippen LogP contribution in [0.2, 0.25) is 0 Å². The van der Waals surface area contributed by atoms with E-state index >= 15 is 0 Å². The molecule has 0 heterocycles. The normalized spacial score (nSPS) is 10.5. The van der Waals surface area contributed by atoms with E-state index in [1.807, 2.05) is 66.7 Å². The third-order valence-electron chi connectivity index (χ3n) is 3.77. The molecular weight excluding hydrogens is 288 g/mol. The van der Waals surface area contributed by atoms with E-state index in [2.05, 4.69) is 10.6 Å². The fourth-order valence-corrected chi connectivity index (χ4v) is 2.56. The number of nitrogens with one attached hydrogen (secondary N) is 2.